The van der Waals surface area contributed by atoms with E-state index < -0.39 is 18.1 Å². The zero-order chi connectivity index (χ0) is 14.6. The van der Waals surface area contributed by atoms with Gasteiger partial charge < -0.3 is 15.2 Å². The molecule has 0 bridgehead atoms. The van der Waals surface area contributed by atoms with Gasteiger partial charge >= 0.3 is 0 Å². The molecular weight excluding hydrogens is 275 g/mol. The van der Waals surface area contributed by atoms with Crippen molar-refractivity contribution in [3.05, 3.63) is 12.7 Å². The fourth-order valence-electron chi connectivity index (χ4n) is 2.96. The van der Waals surface area contributed by atoms with E-state index in [4.69, 9.17) is 5.73 Å². The van der Waals surface area contributed by atoms with Crippen LogP contribution < -0.4 is 10.6 Å². The molecule has 2 aromatic heterocycles. The van der Waals surface area contributed by atoms with Gasteiger partial charge in [-0.3, -0.25) is 4.79 Å². The van der Waals surface area contributed by atoms with Crippen LogP contribution >= 0.6 is 0 Å². The minimum absolute atomic E-state index is 0.101. The number of nitrogens with zero attached hydrogens (tertiary/aromatic N) is 5. The van der Waals surface area contributed by atoms with Gasteiger partial charge in [-0.1, -0.05) is 0 Å². The Morgan fingerprint density at radius 3 is 2.86 bits per heavy atom. The summed E-state index contributed by atoms with van der Waals surface area (Å²) in [6, 6.07) is -0.235. The van der Waals surface area contributed by atoms with Crippen LogP contribution in [0, 0.1) is 0 Å². The first-order valence-electron chi connectivity index (χ1n) is 7.02. The molecule has 1 saturated carbocycles. The zero-order valence-corrected chi connectivity index (χ0v) is 11.3. The lowest BCUT2D eigenvalue weighted by Gasteiger charge is -2.22. The number of anilines is 1. The molecule has 0 unspecified atom stereocenters. The Morgan fingerprint density at radius 1 is 1.33 bits per heavy atom. The Hall–Kier alpha value is -2.25. The normalized spacial score (nSPS) is 25.7. The largest absolute Gasteiger partial charge is 0.368 e. The average Bonchev–Trinajstić information content (AvgIpc) is 3.08. The monoisotopic (exact) mass is 290 g/mol. The molecule has 2 atom stereocenters. The first-order valence-corrected chi connectivity index (χ1v) is 7.02. The Bertz CT molecular complexity index is 712. The summed E-state index contributed by atoms with van der Waals surface area (Å²) in [4.78, 5) is 26.0. The molecule has 2 fully saturated rings. The van der Waals surface area contributed by atoms with Crippen LogP contribution in [0.15, 0.2) is 12.7 Å². The van der Waals surface area contributed by atoms with Gasteiger partial charge in [0.15, 0.2) is 17.0 Å². The summed E-state index contributed by atoms with van der Waals surface area (Å²) in [5, 5.41) is 0. The molecule has 0 aromatic carbocycles. The van der Waals surface area contributed by atoms with E-state index in [0.717, 1.165) is 18.5 Å². The highest BCUT2D eigenvalue weighted by molar-refractivity contribution is 5.89. The van der Waals surface area contributed by atoms with Crippen molar-refractivity contribution in [1.82, 2.24) is 19.5 Å². The number of hydrogen-bond acceptors (Lipinski definition) is 5. The molecule has 3 heterocycles. The second kappa shape index (κ2) is 4.37. The van der Waals surface area contributed by atoms with E-state index in [1.54, 1.807) is 11.2 Å². The number of carbonyl (C=O) groups excluding carboxylic acids is 1. The van der Waals surface area contributed by atoms with Crippen LogP contribution in [0.1, 0.15) is 25.3 Å². The molecule has 7 nitrogen and oxygen atoms in total. The molecule has 2 N–H and O–H groups in total. The Kier molecular flexibility index (Phi) is 2.60. The number of imidazole rings is 1. The van der Waals surface area contributed by atoms with E-state index >= 15 is 0 Å². The van der Waals surface area contributed by atoms with Gasteiger partial charge in [-0.2, -0.15) is 0 Å². The summed E-state index contributed by atoms with van der Waals surface area (Å²) >= 11 is 0. The van der Waals surface area contributed by atoms with Gasteiger partial charge in [0, 0.05) is 12.5 Å². The van der Waals surface area contributed by atoms with Gasteiger partial charge in [0.25, 0.3) is 0 Å². The maximum atomic E-state index is 13.7. The number of hydrogen-bond donors (Lipinski definition) is 1. The molecule has 2 aromatic rings. The van der Waals surface area contributed by atoms with Crippen LogP contribution in [0.3, 0.4) is 0 Å². The van der Waals surface area contributed by atoms with Gasteiger partial charge in [0.05, 0.1) is 12.9 Å². The summed E-state index contributed by atoms with van der Waals surface area (Å²) < 4.78 is 15.7. The number of amides is 1. The van der Waals surface area contributed by atoms with Crippen molar-refractivity contribution in [2.45, 2.75) is 37.5 Å². The highest BCUT2D eigenvalue weighted by Gasteiger charge is 2.38. The first kappa shape index (κ1) is 12.5. The third-order valence-electron chi connectivity index (χ3n) is 4.13. The van der Waals surface area contributed by atoms with Crippen molar-refractivity contribution in [3.8, 4) is 0 Å². The predicted molar refractivity (Wildman–Crippen MR) is 73.4 cm³/mol. The minimum atomic E-state index is -1.09. The second-order valence-electron chi connectivity index (χ2n) is 5.66. The number of fused-ring (bicyclic) bond motifs is 1. The third-order valence-corrected chi connectivity index (χ3v) is 4.13. The van der Waals surface area contributed by atoms with Crippen molar-refractivity contribution in [1.29, 1.82) is 0 Å². The number of primary amides is 1. The molecule has 2 aliphatic rings. The lowest BCUT2D eigenvalue weighted by Crippen LogP contribution is -2.40. The molecule has 1 saturated heterocycles. The Balaban J connectivity index is 1.81. The van der Waals surface area contributed by atoms with Gasteiger partial charge in [0.1, 0.15) is 18.5 Å². The third kappa shape index (κ3) is 1.93. The molecule has 0 radical (unpaired) electrons. The summed E-state index contributed by atoms with van der Waals surface area (Å²) in [7, 11) is 0. The minimum Gasteiger partial charge on any atom is -0.368 e. The number of aromatic nitrogens is 4. The smallest absolute Gasteiger partial charge is 0.240 e. The van der Waals surface area contributed by atoms with Crippen LogP contribution in [0.4, 0.5) is 10.2 Å². The molecule has 21 heavy (non-hydrogen) atoms. The highest BCUT2D eigenvalue weighted by Crippen LogP contribution is 2.38. The standard InChI is InChI=1S/C13H15FN6O/c14-7-3-9(11(15)21)19(4-7)12-10-13(17-5-16-12)20(6-18-10)8-1-2-8/h5-9H,1-4H2,(H2,15,21)/t7-,9+/m1/s1. The van der Waals surface area contributed by atoms with Crippen molar-refractivity contribution in [2.75, 3.05) is 11.4 Å². The molecule has 1 aliphatic carbocycles. The van der Waals surface area contributed by atoms with Gasteiger partial charge in [0.2, 0.25) is 5.91 Å². The zero-order valence-electron chi connectivity index (χ0n) is 11.3. The van der Waals surface area contributed by atoms with E-state index in [0.29, 0.717) is 17.4 Å². The topological polar surface area (TPSA) is 89.9 Å². The van der Waals surface area contributed by atoms with Gasteiger partial charge in [-0.15, -0.1) is 0 Å². The van der Waals surface area contributed by atoms with E-state index in [1.165, 1.54) is 6.33 Å². The lowest BCUT2D eigenvalue weighted by molar-refractivity contribution is -0.119. The molecule has 0 spiro atoms. The van der Waals surface area contributed by atoms with Crippen LogP contribution in [0.5, 0.6) is 0 Å². The number of nitrogens with two attached hydrogens (primary N) is 1. The Labute approximate surface area is 120 Å². The molecule has 8 heteroatoms. The van der Waals surface area contributed by atoms with E-state index in [2.05, 4.69) is 15.0 Å². The second-order valence-corrected chi connectivity index (χ2v) is 5.66. The van der Waals surface area contributed by atoms with E-state index in [9.17, 15) is 9.18 Å². The summed E-state index contributed by atoms with van der Waals surface area (Å²) in [5.74, 6) is -0.0492. The fraction of sp³-hybridized carbons (Fsp3) is 0.538. The Morgan fingerprint density at radius 2 is 2.14 bits per heavy atom. The van der Waals surface area contributed by atoms with Crippen LogP contribution in [-0.4, -0.2) is 44.2 Å². The van der Waals surface area contributed by atoms with Crippen LogP contribution in [0.25, 0.3) is 11.2 Å². The number of alkyl halides is 1. The SMILES string of the molecule is NC(=O)[C@@H]1C[C@@H](F)CN1c1ncnc2c1ncn2C1CC1. The summed E-state index contributed by atoms with van der Waals surface area (Å²) in [6.07, 6.45) is 4.42. The molecular formula is C13H15FN6O. The van der Waals surface area contributed by atoms with Crippen molar-refractivity contribution in [3.63, 3.8) is 0 Å². The maximum Gasteiger partial charge on any atom is 0.240 e. The molecule has 110 valence electrons. The molecule has 1 amide bonds. The number of carbonyl (C=O) groups is 1. The average molecular weight is 290 g/mol. The predicted octanol–water partition coefficient (Wildman–Crippen LogP) is 0.563. The van der Waals surface area contributed by atoms with E-state index in [-0.39, 0.29) is 13.0 Å². The van der Waals surface area contributed by atoms with Crippen LogP contribution in [0.2, 0.25) is 0 Å². The first-order chi connectivity index (χ1) is 10.1. The van der Waals surface area contributed by atoms with Crippen molar-refractivity contribution >= 4 is 22.9 Å². The maximum absolute atomic E-state index is 13.7. The van der Waals surface area contributed by atoms with Gasteiger partial charge in [-0.25, -0.2) is 19.3 Å². The quantitative estimate of drug-likeness (QED) is 0.892. The lowest BCUT2D eigenvalue weighted by atomic mass is 10.2. The van der Waals surface area contributed by atoms with Crippen molar-refractivity contribution < 1.29 is 9.18 Å². The summed E-state index contributed by atoms with van der Waals surface area (Å²) in [5.41, 5.74) is 6.71. The molecule has 1 aliphatic heterocycles. The number of rotatable bonds is 3. The highest BCUT2D eigenvalue weighted by atomic mass is 19.1. The van der Waals surface area contributed by atoms with Crippen LogP contribution in [-0.2, 0) is 4.79 Å². The van der Waals surface area contributed by atoms with Gasteiger partial charge in [-0.05, 0) is 12.8 Å². The summed E-state index contributed by atoms with van der Waals surface area (Å²) in [6.45, 7) is 0.107. The van der Waals surface area contributed by atoms with Crippen molar-refractivity contribution in [2.24, 2.45) is 5.73 Å². The number of halogens is 1. The fourth-order valence-corrected chi connectivity index (χ4v) is 2.96. The van der Waals surface area contributed by atoms with E-state index in [1.807, 2.05) is 4.57 Å². The molecule has 4 rings (SSSR count).